The van der Waals surface area contributed by atoms with Gasteiger partial charge in [-0.15, -0.1) is 11.3 Å². The monoisotopic (exact) mass is 462 g/mol. The number of carboxylic acid groups (broad SMARTS) is 1. The highest BCUT2D eigenvalue weighted by atomic mass is 32.1. The van der Waals surface area contributed by atoms with Crippen LogP contribution in [0.25, 0.3) is 21.7 Å². The number of hydrogen-bond donors (Lipinski definition) is 1. The highest BCUT2D eigenvalue weighted by Crippen LogP contribution is 2.46. The molecule has 0 saturated carbocycles. The van der Waals surface area contributed by atoms with Crippen LogP contribution in [-0.2, 0) is 4.79 Å². The average molecular weight is 463 g/mol. The van der Waals surface area contributed by atoms with E-state index in [1.165, 1.54) is 11.3 Å². The van der Waals surface area contributed by atoms with Gasteiger partial charge in [0.1, 0.15) is 11.5 Å². The summed E-state index contributed by atoms with van der Waals surface area (Å²) in [5, 5.41) is 10.7. The first-order valence-corrected chi connectivity index (χ1v) is 10.9. The molecule has 1 N–H and O–H groups in total. The molecule has 0 radical (unpaired) electrons. The molecule has 3 aromatic carbocycles. The Balaban J connectivity index is 1.91. The number of carbonyl (C=O) groups is 1. The number of ether oxygens (including phenoxy) is 4. The molecule has 0 aliphatic carbocycles. The fourth-order valence-corrected chi connectivity index (χ4v) is 4.48. The Hall–Kier alpha value is -3.97. The minimum atomic E-state index is -1.02. The van der Waals surface area contributed by atoms with Crippen molar-refractivity contribution in [3.8, 4) is 28.7 Å². The maximum Gasteiger partial charge on any atom is 0.336 e. The largest absolute Gasteiger partial charge is 0.497 e. The summed E-state index contributed by atoms with van der Waals surface area (Å²) in [5.74, 6) is 1.96. The minimum absolute atomic E-state index is 0.167. The number of benzene rings is 3. The normalized spacial score (nSPS) is 11.3. The summed E-state index contributed by atoms with van der Waals surface area (Å²) in [6, 6.07) is 19.9. The summed E-state index contributed by atoms with van der Waals surface area (Å²) in [5.41, 5.74) is 0.772. The predicted molar refractivity (Wildman–Crippen MR) is 130 cm³/mol. The van der Waals surface area contributed by atoms with E-state index in [-0.39, 0.29) is 5.57 Å². The molecule has 33 heavy (non-hydrogen) atoms. The summed E-state index contributed by atoms with van der Waals surface area (Å²) in [6.45, 7) is 0. The molecule has 0 saturated heterocycles. The molecule has 1 aromatic heterocycles. The minimum Gasteiger partial charge on any atom is -0.497 e. The van der Waals surface area contributed by atoms with E-state index < -0.39 is 5.97 Å². The molecule has 168 valence electrons. The molecule has 0 fully saturated rings. The number of methoxy groups -OCH3 is 3. The van der Waals surface area contributed by atoms with E-state index in [4.69, 9.17) is 18.9 Å². The van der Waals surface area contributed by atoms with Crippen molar-refractivity contribution >= 4 is 39.0 Å². The summed E-state index contributed by atoms with van der Waals surface area (Å²) in [6.07, 6.45) is 1.64. The van der Waals surface area contributed by atoms with Crippen LogP contribution in [0.2, 0.25) is 0 Å². The Bertz CT molecular complexity index is 1310. The summed E-state index contributed by atoms with van der Waals surface area (Å²) >= 11 is 1.41. The number of aliphatic carboxylic acids is 1. The van der Waals surface area contributed by atoms with Crippen LogP contribution in [0, 0.1) is 0 Å². The third-order valence-corrected chi connectivity index (χ3v) is 6.12. The van der Waals surface area contributed by atoms with Crippen molar-refractivity contribution in [2.45, 2.75) is 0 Å². The molecular weight excluding hydrogens is 440 g/mol. The van der Waals surface area contributed by atoms with E-state index in [9.17, 15) is 9.90 Å². The Morgan fingerprint density at radius 3 is 2.09 bits per heavy atom. The van der Waals surface area contributed by atoms with Crippen LogP contribution in [-0.4, -0.2) is 32.4 Å². The lowest BCUT2D eigenvalue weighted by Crippen LogP contribution is -1.99. The Morgan fingerprint density at radius 2 is 1.48 bits per heavy atom. The Morgan fingerprint density at radius 1 is 0.848 bits per heavy atom. The van der Waals surface area contributed by atoms with Gasteiger partial charge in [0.25, 0.3) is 0 Å². The molecule has 4 rings (SSSR count). The maximum atomic E-state index is 12.1. The van der Waals surface area contributed by atoms with Gasteiger partial charge in [-0.25, -0.2) is 4.79 Å². The number of fused-ring (bicyclic) bond motifs is 1. The zero-order chi connectivity index (χ0) is 23.4. The Labute approximate surface area is 195 Å². The van der Waals surface area contributed by atoms with Crippen molar-refractivity contribution in [3.63, 3.8) is 0 Å². The Kier molecular flexibility index (Phi) is 6.51. The van der Waals surface area contributed by atoms with Crippen LogP contribution in [0.4, 0.5) is 0 Å². The van der Waals surface area contributed by atoms with Crippen molar-refractivity contribution in [2.75, 3.05) is 21.3 Å². The van der Waals surface area contributed by atoms with Crippen LogP contribution in [0.1, 0.15) is 10.4 Å². The predicted octanol–water partition coefficient (Wildman–Crippen LogP) is 6.34. The van der Waals surface area contributed by atoms with Crippen molar-refractivity contribution in [1.82, 2.24) is 0 Å². The van der Waals surface area contributed by atoms with E-state index in [1.54, 1.807) is 63.8 Å². The smallest absolute Gasteiger partial charge is 0.336 e. The number of hydrogen-bond acceptors (Lipinski definition) is 6. The summed E-state index contributed by atoms with van der Waals surface area (Å²) in [7, 11) is 4.74. The molecule has 6 nitrogen and oxygen atoms in total. The third kappa shape index (κ3) is 4.63. The lowest BCUT2D eigenvalue weighted by molar-refractivity contribution is -0.130. The first-order valence-electron chi connectivity index (χ1n) is 10.0. The third-order valence-electron chi connectivity index (χ3n) is 5.04. The van der Waals surface area contributed by atoms with Gasteiger partial charge in [0.05, 0.1) is 31.8 Å². The lowest BCUT2D eigenvalue weighted by Gasteiger charge is -2.10. The summed E-state index contributed by atoms with van der Waals surface area (Å²) < 4.78 is 23.3. The maximum absolute atomic E-state index is 12.1. The first kappa shape index (κ1) is 22.2. The van der Waals surface area contributed by atoms with Crippen molar-refractivity contribution < 1.29 is 28.8 Å². The molecule has 0 bridgehead atoms. The molecule has 0 unspecified atom stereocenters. The van der Waals surface area contributed by atoms with Gasteiger partial charge in [0.2, 0.25) is 0 Å². The molecular formula is C26H22O6S. The highest BCUT2D eigenvalue weighted by molar-refractivity contribution is 7.20. The SMILES string of the molecule is COc1ccc(Oc2c(C=C(C(=O)O)c3ccccc3)sc3cc(OC)c(OC)cc23)cc1. The molecule has 0 aliphatic rings. The van der Waals surface area contributed by atoms with Crippen LogP contribution in [0.5, 0.6) is 28.7 Å². The molecule has 0 spiro atoms. The fourth-order valence-electron chi connectivity index (χ4n) is 3.40. The van der Waals surface area contributed by atoms with Crippen LogP contribution in [0.3, 0.4) is 0 Å². The van der Waals surface area contributed by atoms with Crippen molar-refractivity contribution in [2.24, 2.45) is 0 Å². The fraction of sp³-hybridized carbons (Fsp3) is 0.115. The van der Waals surface area contributed by atoms with Crippen LogP contribution in [0.15, 0.2) is 66.7 Å². The van der Waals surface area contributed by atoms with Gasteiger partial charge in [-0.05, 0) is 42.0 Å². The standard InChI is InChI=1S/C26H22O6S/c1-29-17-9-11-18(12-10-17)32-25-20-13-21(30-2)22(31-3)15-23(20)33-24(25)14-19(26(27)28)16-7-5-4-6-8-16/h4-15H,1-3H3,(H,27,28). The zero-order valence-electron chi connectivity index (χ0n) is 18.3. The van der Waals surface area contributed by atoms with E-state index in [0.29, 0.717) is 39.2 Å². The second-order valence-corrected chi connectivity index (χ2v) is 8.09. The quantitative estimate of drug-likeness (QED) is 0.308. The lowest BCUT2D eigenvalue weighted by atomic mass is 10.1. The number of carboxylic acids is 1. The van der Waals surface area contributed by atoms with Gasteiger partial charge >= 0.3 is 5.97 Å². The molecule has 0 amide bonds. The molecule has 1 heterocycles. The molecule has 4 aromatic rings. The topological polar surface area (TPSA) is 74.2 Å². The number of thiophene rings is 1. The summed E-state index contributed by atoms with van der Waals surface area (Å²) in [4.78, 5) is 12.8. The molecule has 0 atom stereocenters. The average Bonchev–Trinajstić information content (AvgIpc) is 3.18. The second-order valence-electron chi connectivity index (χ2n) is 7.01. The second kappa shape index (κ2) is 9.67. The van der Waals surface area contributed by atoms with E-state index in [2.05, 4.69) is 0 Å². The van der Waals surface area contributed by atoms with Crippen LogP contribution < -0.4 is 18.9 Å². The molecule has 0 aliphatic heterocycles. The van der Waals surface area contributed by atoms with Gasteiger partial charge in [-0.3, -0.25) is 0 Å². The van der Waals surface area contributed by atoms with Gasteiger partial charge in [0.15, 0.2) is 17.2 Å². The first-order chi connectivity index (χ1) is 16.0. The van der Waals surface area contributed by atoms with Crippen LogP contribution >= 0.6 is 11.3 Å². The van der Waals surface area contributed by atoms with Gasteiger partial charge in [-0.2, -0.15) is 0 Å². The van der Waals surface area contributed by atoms with E-state index in [1.807, 2.05) is 30.3 Å². The van der Waals surface area contributed by atoms with E-state index >= 15 is 0 Å². The van der Waals surface area contributed by atoms with Gasteiger partial charge in [-0.1, -0.05) is 30.3 Å². The van der Waals surface area contributed by atoms with Gasteiger partial charge in [0, 0.05) is 16.2 Å². The van der Waals surface area contributed by atoms with Crippen molar-refractivity contribution in [3.05, 3.63) is 77.2 Å². The van der Waals surface area contributed by atoms with Gasteiger partial charge < -0.3 is 24.1 Å². The zero-order valence-corrected chi connectivity index (χ0v) is 19.1. The van der Waals surface area contributed by atoms with Crippen molar-refractivity contribution in [1.29, 1.82) is 0 Å². The molecule has 7 heteroatoms. The van der Waals surface area contributed by atoms with E-state index in [0.717, 1.165) is 10.1 Å². The number of rotatable bonds is 8. The highest BCUT2D eigenvalue weighted by Gasteiger charge is 2.20.